The van der Waals surface area contributed by atoms with Gasteiger partial charge in [-0.15, -0.1) is 0 Å². The lowest BCUT2D eigenvalue weighted by Gasteiger charge is -2.26. The van der Waals surface area contributed by atoms with Gasteiger partial charge in [0.25, 0.3) is 0 Å². The molecule has 1 saturated carbocycles. The van der Waals surface area contributed by atoms with Crippen molar-refractivity contribution in [3.8, 4) is 0 Å². The highest BCUT2D eigenvalue weighted by Crippen LogP contribution is 2.34. The van der Waals surface area contributed by atoms with Gasteiger partial charge in [-0.1, -0.05) is 31.0 Å². The van der Waals surface area contributed by atoms with E-state index in [-0.39, 0.29) is 29.2 Å². The van der Waals surface area contributed by atoms with Crippen LogP contribution in [0.5, 0.6) is 0 Å². The maximum absolute atomic E-state index is 12.7. The first kappa shape index (κ1) is 22.4. The second-order valence-corrected chi connectivity index (χ2v) is 11.9. The third kappa shape index (κ3) is 5.00. The van der Waals surface area contributed by atoms with Crippen molar-refractivity contribution in [2.75, 3.05) is 22.6 Å². The number of hydrogen-bond donors (Lipinski definition) is 1. The second kappa shape index (κ2) is 8.97. The van der Waals surface area contributed by atoms with Crippen molar-refractivity contribution in [1.29, 1.82) is 0 Å². The first-order valence-electron chi connectivity index (χ1n) is 11.0. The Kier molecular flexibility index (Phi) is 6.48. The zero-order chi connectivity index (χ0) is 22.2. The average molecular weight is 466 g/mol. The minimum Gasteiger partial charge on any atom is -0.320 e. The predicted molar refractivity (Wildman–Crippen MR) is 122 cm³/mol. The van der Waals surface area contributed by atoms with Gasteiger partial charge in [-0.2, -0.15) is 5.10 Å². The molecule has 170 valence electrons. The highest BCUT2D eigenvalue weighted by molar-refractivity contribution is 7.99. The first-order valence-corrected chi connectivity index (χ1v) is 13.8. The second-order valence-electron chi connectivity index (χ2n) is 8.74. The van der Waals surface area contributed by atoms with Crippen LogP contribution in [0.2, 0.25) is 0 Å². The number of nitrogens with zero attached hydrogens (tertiary/aromatic N) is 4. The Balaban J connectivity index is 1.44. The number of amides is 1. The fraction of sp³-hybridized carbons (Fsp3) is 0.667. The molecule has 1 N–H and O–H groups in total. The molecule has 1 aliphatic heterocycles. The van der Waals surface area contributed by atoms with E-state index in [1.165, 1.54) is 49.6 Å². The quantitative estimate of drug-likeness (QED) is 0.655. The van der Waals surface area contributed by atoms with Crippen LogP contribution < -0.4 is 5.32 Å². The smallest absolute Gasteiger partial charge is 0.235 e. The third-order valence-electron chi connectivity index (χ3n) is 6.31. The summed E-state index contributed by atoms with van der Waals surface area (Å²) in [5, 5.41) is 8.28. The van der Waals surface area contributed by atoms with Crippen molar-refractivity contribution >= 4 is 33.3 Å². The normalized spacial score (nSPS) is 21.5. The van der Waals surface area contributed by atoms with Crippen LogP contribution in [0, 0.1) is 20.8 Å². The average Bonchev–Trinajstić information content (AvgIpc) is 3.36. The van der Waals surface area contributed by atoms with Crippen molar-refractivity contribution < 1.29 is 13.2 Å². The van der Waals surface area contributed by atoms with Gasteiger partial charge in [-0.3, -0.25) is 4.79 Å². The van der Waals surface area contributed by atoms with Crippen LogP contribution in [0.4, 0.5) is 5.82 Å². The first-order chi connectivity index (χ1) is 14.7. The molecule has 2 aromatic heterocycles. The van der Waals surface area contributed by atoms with Crippen LogP contribution in [0.25, 0.3) is 0 Å². The molecule has 8 nitrogen and oxygen atoms in total. The van der Waals surface area contributed by atoms with E-state index >= 15 is 0 Å². The topological polar surface area (TPSA) is 98.9 Å². The SMILES string of the molecule is Cc1cc(NC(=O)CSc2nc(C)c(C)n2C2CCCCC2)n(C2CCS(=O)(=O)C2)n1. The predicted octanol–water partition coefficient (Wildman–Crippen LogP) is 3.60. The molecule has 0 radical (unpaired) electrons. The molecule has 2 aromatic rings. The summed E-state index contributed by atoms with van der Waals surface area (Å²) in [6, 6.07) is 2.04. The Morgan fingerprint density at radius 3 is 2.58 bits per heavy atom. The number of nitrogens with one attached hydrogen (secondary N) is 1. The minimum atomic E-state index is -3.03. The van der Waals surface area contributed by atoms with Crippen LogP contribution >= 0.6 is 11.8 Å². The maximum Gasteiger partial charge on any atom is 0.235 e. The van der Waals surface area contributed by atoms with E-state index in [1.807, 2.05) is 13.8 Å². The highest BCUT2D eigenvalue weighted by atomic mass is 32.2. The molecule has 2 aliphatic rings. The van der Waals surface area contributed by atoms with E-state index in [2.05, 4.69) is 21.9 Å². The van der Waals surface area contributed by atoms with Gasteiger partial charge >= 0.3 is 0 Å². The Morgan fingerprint density at radius 2 is 1.90 bits per heavy atom. The molecular formula is C21H31N5O3S2. The molecule has 1 aliphatic carbocycles. The molecule has 1 unspecified atom stereocenters. The van der Waals surface area contributed by atoms with E-state index in [0.717, 1.165) is 16.5 Å². The van der Waals surface area contributed by atoms with E-state index in [9.17, 15) is 13.2 Å². The monoisotopic (exact) mass is 465 g/mol. The molecule has 1 atom stereocenters. The van der Waals surface area contributed by atoms with Gasteiger partial charge in [0.1, 0.15) is 5.82 Å². The lowest BCUT2D eigenvalue weighted by Crippen LogP contribution is -2.21. The van der Waals surface area contributed by atoms with Crippen LogP contribution in [0.3, 0.4) is 0 Å². The van der Waals surface area contributed by atoms with Gasteiger partial charge in [0.2, 0.25) is 5.91 Å². The molecule has 0 spiro atoms. The van der Waals surface area contributed by atoms with Gasteiger partial charge in [0.15, 0.2) is 15.0 Å². The highest BCUT2D eigenvalue weighted by Gasteiger charge is 2.31. The summed E-state index contributed by atoms with van der Waals surface area (Å²) < 4.78 is 27.7. The largest absolute Gasteiger partial charge is 0.320 e. The van der Waals surface area contributed by atoms with E-state index < -0.39 is 9.84 Å². The van der Waals surface area contributed by atoms with Gasteiger partial charge in [0.05, 0.1) is 34.7 Å². The number of hydrogen-bond acceptors (Lipinski definition) is 6. The Morgan fingerprint density at radius 1 is 1.16 bits per heavy atom. The summed E-state index contributed by atoms with van der Waals surface area (Å²) in [7, 11) is -3.03. The number of sulfone groups is 1. The number of rotatable bonds is 6. The number of imidazole rings is 1. The van der Waals surface area contributed by atoms with Crippen molar-refractivity contribution in [3.63, 3.8) is 0 Å². The molecule has 2 fully saturated rings. The molecular weight excluding hydrogens is 434 g/mol. The zero-order valence-corrected chi connectivity index (χ0v) is 20.1. The van der Waals surface area contributed by atoms with Crippen LogP contribution in [-0.4, -0.2) is 50.9 Å². The number of anilines is 1. The molecule has 10 heteroatoms. The number of aromatic nitrogens is 4. The number of carbonyl (C=O) groups is 1. The van der Waals surface area contributed by atoms with E-state index in [0.29, 0.717) is 18.3 Å². The number of aryl methyl sites for hydroxylation is 2. The lowest BCUT2D eigenvalue weighted by atomic mass is 9.95. The van der Waals surface area contributed by atoms with Gasteiger partial charge in [-0.05, 0) is 40.0 Å². The zero-order valence-electron chi connectivity index (χ0n) is 18.4. The summed E-state index contributed by atoms with van der Waals surface area (Å²) in [6.45, 7) is 5.98. The van der Waals surface area contributed by atoms with Crippen LogP contribution in [0.15, 0.2) is 11.2 Å². The van der Waals surface area contributed by atoms with Crippen LogP contribution in [0.1, 0.15) is 67.7 Å². The standard InChI is InChI=1S/C21H31N5O3S2/c1-14-11-19(26(24-14)18-9-10-31(28,29)13-18)23-20(27)12-30-21-22-15(2)16(3)25(21)17-7-5-4-6-8-17/h11,17-18H,4-10,12-13H2,1-3H3,(H,23,27). The molecule has 3 heterocycles. The Labute approximate surface area is 188 Å². The minimum absolute atomic E-state index is 0.0725. The number of thioether (sulfide) groups is 1. The fourth-order valence-corrected chi connectivity index (χ4v) is 7.28. The number of carbonyl (C=O) groups excluding carboxylic acids is 1. The molecule has 4 rings (SSSR count). The molecule has 0 bridgehead atoms. The summed E-state index contributed by atoms with van der Waals surface area (Å²) >= 11 is 1.46. The van der Waals surface area contributed by atoms with Crippen molar-refractivity contribution in [1.82, 2.24) is 19.3 Å². The lowest BCUT2D eigenvalue weighted by molar-refractivity contribution is -0.113. The summed E-state index contributed by atoms with van der Waals surface area (Å²) in [5.74, 6) is 0.912. The third-order valence-corrected chi connectivity index (χ3v) is 9.01. The summed E-state index contributed by atoms with van der Waals surface area (Å²) in [6.07, 6.45) is 6.64. The van der Waals surface area contributed by atoms with E-state index in [1.54, 1.807) is 10.7 Å². The van der Waals surface area contributed by atoms with Crippen molar-refractivity contribution in [2.45, 2.75) is 76.5 Å². The molecule has 1 saturated heterocycles. The Hall–Kier alpha value is -1.81. The fourth-order valence-electron chi connectivity index (χ4n) is 4.63. The van der Waals surface area contributed by atoms with Crippen molar-refractivity contribution in [3.05, 3.63) is 23.1 Å². The summed E-state index contributed by atoms with van der Waals surface area (Å²) in [4.78, 5) is 17.5. The van der Waals surface area contributed by atoms with Crippen LogP contribution in [-0.2, 0) is 14.6 Å². The van der Waals surface area contributed by atoms with Gasteiger partial charge < -0.3 is 9.88 Å². The summed E-state index contributed by atoms with van der Waals surface area (Å²) in [5.41, 5.74) is 2.96. The molecule has 1 amide bonds. The van der Waals surface area contributed by atoms with Gasteiger partial charge in [0, 0.05) is 17.8 Å². The van der Waals surface area contributed by atoms with Crippen molar-refractivity contribution in [2.24, 2.45) is 0 Å². The molecule has 31 heavy (non-hydrogen) atoms. The molecule has 0 aromatic carbocycles. The van der Waals surface area contributed by atoms with E-state index in [4.69, 9.17) is 4.98 Å². The maximum atomic E-state index is 12.7. The van der Waals surface area contributed by atoms with Gasteiger partial charge in [-0.25, -0.2) is 18.1 Å². The Bertz CT molecular complexity index is 1070.